The highest BCUT2D eigenvalue weighted by atomic mass is 14.8. The number of nitrogens with zero attached hydrogens (tertiary/aromatic N) is 1. The van der Waals surface area contributed by atoms with Crippen molar-refractivity contribution in [2.75, 3.05) is 5.73 Å². The normalized spacial score (nSPS) is 21.5. The minimum atomic E-state index is 0.307. The molecule has 0 saturated heterocycles. The zero-order valence-electron chi connectivity index (χ0n) is 7.46. The van der Waals surface area contributed by atoms with Gasteiger partial charge in [0.15, 0.2) is 0 Å². The number of hydrogen-bond acceptors (Lipinski definition) is 2. The van der Waals surface area contributed by atoms with E-state index >= 15 is 0 Å². The summed E-state index contributed by atoms with van der Waals surface area (Å²) in [7, 11) is 0. The van der Waals surface area contributed by atoms with Crippen LogP contribution in [-0.4, -0.2) is 6.21 Å². The maximum Gasteiger partial charge on any atom is 0.0639 e. The van der Waals surface area contributed by atoms with Gasteiger partial charge in [0, 0.05) is 17.3 Å². The van der Waals surface area contributed by atoms with Gasteiger partial charge >= 0.3 is 0 Å². The summed E-state index contributed by atoms with van der Waals surface area (Å²) in [6.07, 6.45) is 4.65. The lowest BCUT2D eigenvalue weighted by Crippen LogP contribution is -2.15. The van der Waals surface area contributed by atoms with Crippen LogP contribution in [0.5, 0.6) is 0 Å². The summed E-state index contributed by atoms with van der Waals surface area (Å²) < 4.78 is 0. The molecule has 2 aliphatic rings. The molecule has 0 bridgehead atoms. The first kappa shape index (κ1) is 7.13. The fraction of sp³-hybridized carbons (Fsp3) is 0.364. The van der Waals surface area contributed by atoms with Crippen LogP contribution in [-0.2, 0) is 12.0 Å². The molecule has 0 aromatic heterocycles. The number of nitrogen functional groups attached to an aromatic ring is 1. The van der Waals surface area contributed by atoms with E-state index in [2.05, 4.69) is 23.3 Å². The van der Waals surface area contributed by atoms with Gasteiger partial charge in [0.05, 0.1) is 6.54 Å². The SMILES string of the molecule is Nc1ccc2c(c1)CN=CC21CC1. The first-order chi connectivity index (χ1) is 6.30. The largest absolute Gasteiger partial charge is 0.399 e. The topological polar surface area (TPSA) is 38.4 Å². The summed E-state index contributed by atoms with van der Waals surface area (Å²) in [6.45, 7) is 0.808. The van der Waals surface area contributed by atoms with Gasteiger partial charge in [-0.3, -0.25) is 4.99 Å². The molecule has 1 saturated carbocycles. The highest BCUT2D eigenvalue weighted by molar-refractivity contribution is 5.80. The molecule has 2 nitrogen and oxygen atoms in total. The second kappa shape index (κ2) is 2.13. The van der Waals surface area contributed by atoms with E-state index in [0.29, 0.717) is 5.41 Å². The molecule has 0 radical (unpaired) electrons. The summed E-state index contributed by atoms with van der Waals surface area (Å²) >= 11 is 0. The second-order valence-electron chi connectivity index (χ2n) is 4.04. The average molecular weight is 172 g/mol. The Bertz CT molecular complexity index is 389. The fourth-order valence-corrected chi connectivity index (χ4v) is 2.15. The minimum Gasteiger partial charge on any atom is -0.399 e. The summed E-state index contributed by atoms with van der Waals surface area (Å²) in [4.78, 5) is 4.39. The molecule has 1 heterocycles. The monoisotopic (exact) mass is 172 g/mol. The predicted molar refractivity (Wildman–Crippen MR) is 54.0 cm³/mol. The fourth-order valence-electron chi connectivity index (χ4n) is 2.15. The molecule has 1 spiro atoms. The molecule has 3 rings (SSSR count). The van der Waals surface area contributed by atoms with Crippen LogP contribution in [0.4, 0.5) is 5.69 Å². The van der Waals surface area contributed by atoms with Crippen molar-refractivity contribution in [1.82, 2.24) is 0 Å². The van der Waals surface area contributed by atoms with E-state index in [1.165, 1.54) is 24.0 Å². The van der Waals surface area contributed by atoms with Crippen molar-refractivity contribution < 1.29 is 0 Å². The van der Waals surface area contributed by atoms with E-state index in [-0.39, 0.29) is 0 Å². The Morgan fingerprint density at radius 2 is 2.15 bits per heavy atom. The van der Waals surface area contributed by atoms with Crippen molar-refractivity contribution in [3.8, 4) is 0 Å². The Morgan fingerprint density at radius 1 is 1.31 bits per heavy atom. The Labute approximate surface area is 77.5 Å². The van der Waals surface area contributed by atoms with Gasteiger partial charge in [-0.1, -0.05) is 6.07 Å². The number of fused-ring (bicyclic) bond motifs is 2. The third kappa shape index (κ3) is 0.916. The smallest absolute Gasteiger partial charge is 0.0639 e. The molecule has 0 unspecified atom stereocenters. The molecule has 1 aromatic carbocycles. The van der Waals surface area contributed by atoms with Crippen molar-refractivity contribution >= 4 is 11.9 Å². The highest BCUT2D eigenvalue weighted by Crippen LogP contribution is 2.49. The van der Waals surface area contributed by atoms with Gasteiger partial charge in [-0.2, -0.15) is 0 Å². The van der Waals surface area contributed by atoms with Gasteiger partial charge in [-0.05, 0) is 36.1 Å². The Balaban J connectivity index is 2.19. The van der Waals surface area contributed by atoms with Crippen molar-refractivity contribution in [3.05, 3.63) is 29.3 Å². The maximum absolute atomic E-state index is 5.74. The molecular formula is C11H12N2. The molecular weight excluding hydrogens is 160 g/mol. The van der Waals surface area contributed by atoms with Crippen LogP contribution in [0.15, 0.2) is 23.2 Å². The number of hydrogen-bond donors (Lipinski definition) is 1. The van der Waals surface area contributed by atoms with Crippen LogP contribution < -0.4 is 5.73 Å². The molecule has 0 amide bonds. The number of aliphatic imine (C=N–C) groups is 1. The zero-order chi connectivity index (χ0) is 8.89. The molecule has 1 aromatic rings. The van der Waals surface area contributed by atoms with Crippen LogP contribution >= 0.6 is 0 Å². The Hall–Kier alpha value is -1.31. The van der Waals surface area contributed by atoms with Gasteiger partial charge < -0.3 is 5.73 Å². The van der Waals surface area contributed by atoms with Crippen LogP contribution in [0.3, 0.4) is 0 Å². The molecule has 1 fully saturated rings. The molecule has 66 valence electrons. The maximum atomic E-state index is 5.74. The van der Waals surface area contributed by atoms with E-state index < -0.39 is 0 Å². The first-order valence-corrected chi connectivity index (χ1v) is 4.70. The molecule has 13 heavy (non-hydrogen) atoms. The number of nitrogens with two attached hydrogens (primary N) is 1. The van der Waals surface area contributed by atoms with Crippen molar-refractivity contribution in [2.45, 2.75) is 24.8 Å². The lowest BCUT2D eigenvalue weighted by atomic mass is 9.90. The summed E-state index contributed by atoms with van der Waals surface area (Å²) in [5.74, 6) is 0. The number of rotatable bonds is 0. The average Bonchev–Trinajstić information content (AvgIpc) is 2.86. The molecule has 2 heteroatoms. The van der Waals surface area contributed by atoms with E-state index in [9.17, 15) is 0 Å². The quantitative estimate of drug-likeness (QED) is 0.596. The van der Waals surface area contributed by atoms with Gasteiger partial charge in [0.1, 0.15) is 0 Å². The van der Waals surface area contributed by atoms with E-state index in [1.54, 1.807) is 0 Å². The molecule has 2 N–H and O–H groups in total. The third-order valence-corrected chi connectivity index (χ3v) is 3.05. The van der Waals surface area contributed by atoms with Crippen LogP contribution in [0.1, 0.15) is 24.0 Å². The zero-order valence-corrected chi connectivity index (χ0v) is 7.46. The molecule has 0 atom stereocenters. The van der Waals surface area contributed by atoms with Gasteiger partial charge in [-0.15, -0.1) is 0 Å². The van der Waals surface area contributed by atoms with Crippen LogP contribution in [0, 0.1) is 0 Å². The van der Waals surface area contributed by atoms with Crippen molar-refractivity contribution in [1.29, 1.82) is 0 Å². The Morgan fingerprint density at radius 3 is 2.92 bits per heavy atom. The standard InChI is InChI=1S/C11H12N2/c12-9-1-2-10-8(5-9)6-13-7-11(10)3-4-11/h1-2,5,7H,3-4,6,12H2. The van der Waals surface area contributed by atoms with Crippen LogP contribution in [0.2, 0.25) is 0 Å². The predicted octanol–water partition coefficient (Wildman–Crippen LogP) is 1.88. The van der Waals surface area contributed by atoms with Gasteiger partial charge in [-0.25, -0.2) is 0 Å². The van der Waals surface area contributed by atoms with E-state index in [1.807, 2.05) is 6.07 Å². The number of anilines is 1. The van der Waals surface area contributed by atoms with E-state index in [4.69, 9.17) is 5.73 Å². The first-order valence-electron chi connectivity index (χ1n) is 4.70. The molecule has 1 aliphatic heterocycles. The lowest BCUT2D eigenvalue weighted by molar-refractivity contribution is 0.870. The second-order valence-corrected chi connectivity index (χ2v) is 4.04. The summed E-state index contributed by atoms with van der Waals surface area (Å²) in [6, 6.07) is 6.23. The van der Waals surface area contributed by atoms with Gasteiger partial charge in [0.25, 0.3) is 0 Å². The minimum absolute atomic E-state index is 0.307. The number of benzene rings is 1. The lowest BCUT2D eigenvalue weighted by Gasteiger charge is -2.19. The third-order valence-electron chi connectivity index (χ3n) is 3.05. The summed E-state index contributed by atoms with van der Waals surface area (Å²) in [5.41, 5.74) is 9.67. The van der Waals surface area contributed by atoms with Gasteiger partial charge in [0.2, 0.25) is 0 Å². The van der Waals surface area contributed by atoms with E-state index in [0.717, 1.165) is 12.2 Å². The Kier molecular flexibility index (Phi) is 1.17. The summed E-state index contributed by atoms with van der Waals surface area (Å²) in [5, 5.41) is 0. The van der Waals surface area contributed by atoms with Crippen LogP contribution in [0.25, 0.3) is 0 Å². The highest BCUT2D eigenvalue weighted by Gasteiger charge is 2.45. The van der Waals surface area contributed by atoms with Crippen molar-refractivity contribution in [3.63, 3.8) is 0 Å². The molecule has 1 aliphatic carbocycles. The van der Waals surface area contributed by atoms with Crippen molar-refractivity contribution in [2.24, 2.45) is 4.99 Å².